The number of methoxy groups -OCH3 is 1. The molecule has 3 rings (SSSR count). The van der Waals surface area contributed by atoms with E-state index in [9.17, 15) is 4.79 Å². The van der Waals surface area contributed by atoms with Gasteiger partial charge in [-0.3, -0.25) is 4.79 Å². The standard InChI is InChI=1S/C18H17Cl3N2O2/c1-25-17-5-3-13(11-16(17)21)22-6-8-23(9-7-22)18(24)12-2-4-14(19)15(20)10-12/h2-5,10-11H,6-9H2,1H3. The van der Waals surface area contributed by atoms with Crippen LogP contribution in [0.15, 0.2) is 36.4 Å². The van der Waals surface area contributed by atoms with Gasteiger partial charge < -0.3 is 14.5 Å². The highest BCUT2D eigenvalue weighted by atomic mass is 35.5. The van der Waals surface area contributed by atoms with Crippen LogP contribution in [0, 0.1) is 0 Å². The Balaban J connectivity index is 1.66. The maximum atomic E-state index is 12.6. The number of ether oxygens (including phenoxy) is 1. The Kier molecular flexibility index (Phi) is 5.62. The smallest absolute Gasteiger partial charge is 0.254 e. The molecular formula is C18H17Cl3N2O2. The van der Waals surface area contributed by atoms with Crippen molar-refractivity contribution in [3.05, 3.63) is 57.0 Å². The van der Waals surface area contributed by atoms with Crippen molar-refractivity contribution in [2.75, 3.05) is 38.2 Å². The van der Waals surface area contributed by atoms with Crippen LogP contribution in [-0.4, -0.2) is 44.1 Å². The van der Waals surface area contributed by atoms with Crippen LogP contribution < -0.4 is 9.64 Å². The van der Waals surface area contributed by atoms with E-state index in [1.165, 1.54) is 0 Å². The minimum Gasteiger partial charge on any atom is -0.495 e. The van der Waals surface area contributed by atoms with Gasteiger partial charge in [-0.1, -0.05) is 34.8 Å². The zero-order valence-corrected chi connectivity index (χ0v) is 15.9. The predicted molar refractivity (Wildman–Crippen MR) is 103 cm³/mol. The molecule has 2 aromatic carbocycles. The average molecular weight is 400 g/mol. The van der Waals surface area contributed by atoms with Gasteiger partial charge in [0.05, 0.1) is 22.2 Å². The quantitative estimate of drug-likeness (QED) is 0.755. The summed E-state index contributed by atoms with van der Waals surface area (Å²) in [5, 5.41) is 1.41. The van der Waals surface area contributed by atoms with E-state index < -0.39 is 0 Å². The Bertz CT molecular complexity index is 790. The molecule has 1 amide bonds. The molecule has 0 atom stereocenters. The summed E-state index contributed by atoms with van der Waals surface area (Å²) < 4.78 is 5.18. The topological polar surface area (TPSA) is 32.8 Å². The van der Waals surface area contributed by atoms with E-state index in [0.29, 0.717) is 39.5 Å². The van der Waals surface area contributed by atoms with Gasteiger partial charge in [-0.05, 0) is 36.4 Å². The molecule has 0 unspecified atom stereocenters. The maximum absolute atomic E-state index is 12.6. The molecule has 1 aliphatic rings. The number of benzene rings is 2. The second-order valence-corrected chi connectivity index (χ2v) is 6.95. The van der Waals surface area contributed by atoms with Crippen molar-refractivity contribution in [2.24, 2.45) is 0 Å². The number of nitrogens with zero attached hydrogens (tertiary/aromatic N) is 2. The van der Waals surface area contributed by atoms with Crippen molar-refractivity contribution in [3.8, 4) is 5.75 Å². The number of piperazine rings is 1. The van der Waals surface area contributed by atoms with E-state index in [4.69, 9.17) is 39.5 Å². The van der Waals surface area contributed by atoms with Crippen LogP contribution in [0.25, 0.3) is 0 Å². The van der Waals surface area contributed by atoms with Crippen LogP contribution in [-0.2, 0) is 0 Å². The number of carbonyl (C=O) groups excluding carboxylic acids is 1. The number of rotatable bonds is 3. The van der Waals surface area contributed by atoms with Gasteiger partial charge in [0.2, 0.25) is 0 Å². The van der Waals surface area contributed by atoms with Crippen molar-refractivity contribution in [2.45, 2.75) is 0 Å². The van der Waals surface area contributed by atoms with Crippen molar-refractivity contribution < 1.29 is 9.53 Å². The molecule has 1 fully saturated rings. The zero-order chi connectivity index (χ0) is 18.0. The molecule has 1 aliphatic heterocycles. The largest absolute Gasteiger partial charge is 0.495 e. The fourth-order valence-corrected chi connectivity index (χ4v) is 3.38. The van der Waals surface area contributed by atoms with Crippen LogP contribution in [0.2, 0.25) is 15.1 Å². The summed E-state index contributed by atoms with van der Waals surface area (Å²) in [7, 11) is 1.59. The number of hydrogen-bond donors (Lipinski definition) is 0. The van der Waals surface area contributed by atoms with E-state index in [2.05, 4.69) is 4.90 Å². The van der Waals surface area contributed by atoms with Crippen LogP contribution in [0.4, 0.5) is 5.69 Å². The summed E-state index contributed by atoms with van der Waals surface area (Å²) in [6.07, 6.45) is 0. The summed E-state index contributed by atoms with van der Waals surface area (Å²) in [6, 6.07) is 10.7. The first-order valence-corrected chi connectivity index (χ1v) is 8.96. The molecule has 1 heterocycles. The Hall–Kier alpha value is -1.62. The van der Waals surface area contributed by atoms with Gasteiger partial charge in [-0.25, -0.2) is 0 Å². The van der Waals surface area contributed by atoms with Gasteiger partial charge >= 0.3 is 0 Å². The fourth-order valence-electron chi connectivity index (χ4n) is 2.83. The van der Waals surface area contributed by atoms with Crippen LogP contribution >= 0.6 is 34.8 Å². The number of amides is 1. The van der Waals surface area contributed by atoms with Gasteiger partial charge in [0.1, 0.15) is 5.75 Å². The highest BCUT2D eigenvalue weighted by Crippen LogP contribution is 2.30. The number of halogens is 3. The Labute approximate surface area is 161 Å². The molecule has 0 bridgehead atoms. The van der Waals surface area contributed by atoms with Gasteiger partial charge in [-0.15, -0.1) is 0 Å². The van der Waals surface area contributed by atoms with Gasteiger partial charge in [0.15, 0.2) is 0 Å². The summed E-state index contributed by atoms with van der Waals surface area (Å²) >= 11 is 18.1. The van der Waals surface area contributed by atoms with E-state index in [1.54, 1.807) is 25.3 Å². The maximum Gasteiger partial charge on any atom is 0.254 e. The molecule has 4 nitrogen and oxygen atoms in total. The second-order valence-electron chi connectivity index (χ2n) is 5.73. The lowest BCUT2D eigenvalue weighted by molar-refractivity contribution is 0.0747. The molecule has 25 heavy (non-hydrogen) atoms. The van der Waals surface area contributed by atoms with Crippen LogP contribution in [0.5, 0.6) is 5.75 Å². The van der Waals surface area contributed by atoms with Gasteiger partial charge in [0.25, 0.3) is 5.91 Å². The minimum atomic E-state index is -0.0361. The lowest BCUT2D eigenvalue weighted by Crippen LogP contribution is -2.48. The molecule has 7 heteroatoms. The highest BCUT2D eigenvalue weighted by molar-refractivity contribution is 6.42. The Morgan fingerprint density at radius 3 is 2.24 bits per heavy atom. The molecule has 0 aromatic heterocycles. The summed E-state index contributed by atoms with van der Waals surface area (Å²) in [4.78, 5) is 16.6. The molecule has 132 valence electrons. The van der Waals surface area contributed by atoms with E-state index >= 15 is 0 Å². The molecule has 0 spiro atoms. The first-order chi connectivity index (χ1) is 12.0. The molecule has 0 N–H and O–H groups in total. The van der Waals surface area contributed by atoms with Crippen LogP contribution in [0.3, 0.4) is 0 Å². The highest BCUT2D eigenvalue weighted by Gasteiger charge is 2.23. The van der Waals surface area contributed by atoms with Crippen molar-refractivity contribution in [1.82, 2.24) is 4.90 Å². The third-order valence-electron chi connectivity index (χ3n) is 4.23. The second kappa shape index (κ2) is 7.73. The average Bonchev–Trinajstić information content (AvgIpc) is 2.63. The lowest BCUT2D eigenvalue weighted by Gasteiger charge is -2.36. The van der Waals surface area contributed by atoms with Crippen molar-refractivity contribution in [3.63, 3.8) is 0 Å². The Morgan fingerprint density at radius 2 is 1.64 bits per heavy atom. The van der Waals surface area contributed by atoms with Gasteiger partial charge in [-0.2, -0.15) is 0 Å². The molecule has 2 aromatic rings. The number of carbonyl (C=O) groups is 1. The summed E-state index contributed by atoms with van der Waals surface area (Å²) in [5.41, 5.74) is 1.57. The molecular weight excluding hydrogens is 383 g/mol. The molecule has 0 radical (unpaired) electrons. The normalized spacial score (nSPS) is 14.6. The fraction of sp³-hybridized carbons (Fsp3) is 0.278. The number of anilines is 1. The van der Waals surface area contributed by atoms with E-state index in [-0.39, 0.29) is 5.91 Å². The van der Waals surface area contributed by atoms with Crippen molar-refractivity contribution >= 4 is 46.4 Å². The van der Waals surface area contributed by atoms with E-state index in [0.717, 1.165) is 18.8 Å². The summed E-state index contributed by atoms with van der Waals surface area (Å²) in [5.74, 6) is 0.616. The molecule has 0 aliphatic carbocycles. The molecule has 0 saturated carbocycles. The third kappa shape index (κ3) is 3.97. The number of hydrogen-bond acceptors (Lipinski definition) is 3. The van der Waals surface area contributed by atoms with Gasteiger partial charge in [0, 0.05) is 37.4 Å². The lowest BCUT2D eigenvalue weighted by atomic mass is 10.1. The summed E-state index contributed by atoms with van der Waals surface area (Å²) in [6.45, 7) is 2.72. The zero-order valence-electron chi connectivity index (χ0n) is 13.6. The SMILES string of the molecule is COc1ccc(N2CCN(C(=O)c3ccc(Cl)c(Cl)c3)CC2)cc1Cl. The monoisotopic (exact) mass is 398 g/mol. The first-order valence-electron chi connectivity index (χ1n) is 7.82. The molecule has 1 saturated heterocycles. The third-order valence-corrected chi connectivity index (χ3v) is 5.27. The predicted octanol–water partition coefficient (Wildman–Crippen LogP) is 4.62. The first kappa shape index (κ1) is 18.2. The Morgan fingerprint density at radius 1 is 0.920 bits per heavy atom. The van der Waals surface area contributed by atoms with E-state index in [1.807, 2.05) is 23.1 Å². The van der Waals surface area contributed by atoms with Crippen LogP contribution in [0.1, 0.15) is 10.4 Å². The minimum absolute atomic E-state index is 0.0361. The van der Waals surface area contributed by atoms with Crippen molar-refractivity contribution in [1.29, 1.82) is 0 Å².